The first kappa shape index (κ1) is 12.5. The lowest BCUT2D eigenvalue weighted by Crippen LogP contribution is -2.49. The first-order valence-corrected chi connectivity index (χ1v) is 5.50. The van der Waals surface area contributed by atoms with E-state index in [4.69, 9.17) is 0 Å². The van der Waals surface area contributed by atoms with E-state index in [-0.39, 0.29) is 18.9 Å². The molecule has 0 amide bonds. The van der Waals surface area contributed by atoms with Crippen LogP contribution in [0.4, 0.5) is 8.78 Å². The molecule has 88 valence electrons. The molecule has 1 N–H and O–H groups in total. The van der Waals surface area contributed by atoms with Gasteiger partial charge in [0.25, 0.3) is 0 Å². The van der Waals surface area contributed by atoms with E-state index in [0.717, 1.165) is 5.70 Å². The summed E-state index contributed by atoms with van der Waals surface area (Å²) < 4.78 is 25.6. The van der Waals surface area contributed by atoms with Gasteiger partial charge in [-0.25, -0.2) is 8.78 Å². The van der Waals surface area contributed by atoms with Gasteiger partial charge in [0, 0.05) is 30.0 Å². The highest BCUT2D eigenvalue weighted by molar-refractivity contribution is 5.16. The van der Waals surface area contributed by atoms with E-state index < -0.39 is 11.3 Å². The molecule has 1 fully saturated rings. The molecule has 15 heavy (non-hydrogen) atoms. The van der Waals surface area contributed by atoms with Crippen molar-refractivity contribution in [3.63, 3.8) is 0 Å². The quantitative estimate of drug-likeness (QED) is 0.759. The smallest absolute Gasteiger partial charge is 0.250 e. The third-order valence-corrected chi connectivity index (χ3v) is 3.43. The number of allylic oxidation sites excluding steroid dienone is 1. The van der Waals surface area contributed by atoms with Gasteiger partial charge in [0.05, 0.1) is 0 Å². The van der Waals surface area contributed by atoms with Crippen LogP contribution in [0.2, 0.25) is 0 Å². The van der Waals surface area contributed by atoms with Crippen molar-refractivity contribution in [2.24, 2.45) is 11.3 Å². The van der Waals surface area contributed by atoms with E-state index >= 15 is 0 Å². The number of rotatable bonds is 4. The molecule has 0 heterocycles. The molecule has 0 aromatic heterocycles. The summed E-state index contributed by atoms with van der Waals surface area (Å²) in [5, 5.41) is 3.23. The molecule has 1 atom stereocenters. The highest BCUT2D eigenvalue weighted by Gasteiger charge is 2.55. The van der Waals surface area contributed by atoms with Crippen LogP contribution in [0.25, 0.3) is 0 Å². The largest absolute Gasteiger partial charge is 0.386 e. The van der Waals surface area contributed by atoms with Crippen LogP contribution in [0, 0.1) is 11.3 Å². The summed E-state index contributed by atoms with van der Waals surface area (Å²) in [6.45, 7) is 12.0. The molecule has 1 aliphatic carbocycles. The Labute approximate surface area is 90.9 Å². The number of hydrogen-bond acceptors (Lipinski definition) is 1. The van der Waals surface area contributed by atoms with E-state index in [1.54, 1.807) is 0 Å². The fourth-order valence-electron chi connectivity index (χ4n) is 1.92. The van der Waals surface area contributed by atoms with Crippen LogP contribution >= 0.6 is 0 Å². The van der Waals surface area contributed by atoms with E-state index in [1.807, 2.05) is 6.92 Å². The van der Waals surface area contributed by atoms with Crippen molar-refractivity contribution in [3.05, 3.63) is 12.3 Å². The normalized spacial score (nSPS) is 24.5. The summed E-state index contributed by atoms with van der Waals surface area (Å²) in [6, 6.07) is 0.281. The molecule has 0 aliphatic heterocycles. The van der Waals surface area contributed by atoms with E-state index in [0.29, 0.717) is 5.92 Å². The second-order valence-electron chi connectivity index (χ2n) is 5.43. The van der Waals surface area contributed by atoms with Gasteiger partial charge < -0.3 is 5.32 Å². The molecule has 0 radical (unpaired) electrons. The second-order valence-corrected chi connectivity index (χ2v) is 5.43. The average molecular weight is 217 g/mol. The molecule has 1 rings (SSSR count). The van der Waals surface area contributed by atoms with Gasteiger partial charge in [-0.15, -0.1) is 0 Å². The predicted octanol–water partition coefficient (Wildman–Crippen LogP) is 3.57. The Morgan fingerprint density at radius 3 is 2.07 bits per heavy atom. The molecule has 0 spiro atoms. The van der Waals surface area contributed by atoms with Gasteiger partial charge in [0.2, 0.25) is 5.92 Å². The monoisotopic (exact) mass is 217 g/mol. The molecule has 3 heteroatoms. The van der Waals surface area contributed by atoms with Crippen LogP contribution in [-0.4, -0.2) is 12.0 Å². The molecule has 0 bridgehead atoms. The van der Waals surface area contributed by atoms with Crippen LogP contribution < -0.4 is 5.32 Å². The van der Waals surface area contributed by atoms with Gasteiger partial charge in [-0.2, -0.15) is 0 Å². The number of alkyl halides is 2. The molecule has 0 saturated heterocycles. The van der Waals surface area contributed by atoms with Crippen molar-refractivity contribution in [1.82, 2.24) is 5.32 Å². The van der Waals surface area contributed by atoms with Crippen molar-refractivity contribution >= 4 is 0 Å². The highest BCUT2D eigenvalue weighted by atomic mass is 19.3. The molecule has 1 nitrogen and oxygen atoms in total. The molecule has 0 aromatic rings. The van der Waals surface area contributed by atoms with Gasteiger partial charge in [-0.3, -0.25) is 0 Å². The van der Waals surface area contributed by atoms with Crippen molar-refractivity contribution in [2.45, 2.75) is 52.5 Å². The first-order chi connectivity index (χ1) is 6.66. The summed E-state index contributed by atoms with van der Waals surface area (Å²) in [6.07, 6.45) is -0.146. The summed E-state index contributed by atoms with van der Waals surface area (Å²) in [5.41, 5.74) is 0.335. The lowest BCUT2D eigenvalue weighted by Gasteiger charge is -2.47. The van der Waals surface area contributed by atoms with Gasteiger partial charge >= 0.3 is 0 Å². The maximum atomic E-state index is 12.8. The average Bonchev–Trinajstić information content (AvgIpc) is 1.99. The third kappa shape index (κ3) is 2.70. The SMILES string of the molecule is C=C(N[C@H](C)C(C)C)C1(C)CC(F)(F)C1. The maximum Gasteiger partial charge on any atom is 0.250 e. The fraction of sp³-hybridized carbons (Fsp3) is 0.833. The fourth-order valence-corrected chi connectivity index (χ4v) is 1.92. The lowest BCUT2D eigenvalue weighted by atomic mass is 9.65. The maximum absolute atomic E-state index is 12.8. The van der Waals surface area contributed by atoms with Crippen molar-refractivity contribution in [1.29, 1.82) is 0 Å². The summed E-state index contributed by atoms with van der Waals surface area (Å²) >= 11 is 0. The van der Waals surface area contributed by atoms with E-state index in [1.165, 1.54) is 0 Å². The van der Waals surface area contributed by atoms with Crippen LogP contribution in [0.1, 0.15) is 40.5 Å². The topological polar surface area (TPSA) is 12.0 Å². The van der Waals surface area contributed by atoms with Gasteiger partial charge in [-0.1, -0.05) is 27.4 Å². The van der Waals surface area contributed by atoms with Crippen molar-refractivity contribution < 1.29 is 8.78 Å². The van der Waals surface area contributed by atoms with Gasteiger partial charge in [0.1, 0.15) is 0 Å². The second kappa shape index (κ2) is 3.76. The Balaban J connectivity index is 2.49. The Hall–Kier alpha value is -0.600. The van der Waals surface area contributed by atoms with Crippen molar-refractivity contribution in [3.8, 4) is 0 Å². The first-order valence-electron chi connectivity index (χ1n) is 5.50. The zero-order valence-electron chi connectivity index (χ0n) is 10.0. The minimum Gasteiger partial charge on any atom is -0.386 e. The van der Waals surface area contributed by atoms with Gasteiger partial charge in [0.15, 0.2) is 0 Å². The number of hydrogen-bond donors (Lipinski definition) is 1. The Morgan fingerprint density at radius 1 is 1.27 bits per heavy atom. The molecule has 0 unspecified atom stereocenters. The Kier molecular flexibility index (Phi) is 3.13. The standard InChI is InChI=1S/C12H21F2N/c1-8(2)9(3)15-10(4)11(5)6-12(13,14)7-11/h8-9,15H,4,6-7H2,1-3,5H3/t9-/m1/s1. The molecule has 0 aromatic carbocycles. The summed E-state index contributed by atoms with van der Waals surface area (Å²) in [4.78, 5) is 0. The van der Waals surface area contributed by atoms with Crippen molar-refractivity contribution in [2.75, 3.05) is 0 Å². The summed E-state index contributed by atoms with van der Waals surface area (Å²) in [7, 11) is 0. The molecule has 1 saturated carbocycles. The Morgan fingerprint density at radius 2 is 1.73 bits per heavy atom. The lowest BCUT2D eigenvalue weighted by molar-refractivity contribution is -0.141. The minimum atomic E-state index is -2.49. The predicted molar refractivity (Wildman–Crippen MR) is 58.9 cm³/mol. The molecular formula is C12H21F2N. The van der Waals surface area contributed by atoms with Crippen LogP contribution in [0.15, 0.2) is 12.3 Å². The van der Waals surface area contributed by atoms with Crippen LogP contribution in [-0.2, 0) is 0 Å². The number of nitrogens with one attached hydrogen (secondary N) is 1. The van der Waals surface area contributed by atoms with E-state index in [9.17, 15) is 8.78 Å². The zero-order valence-corrected chi connectivity index (χ0v) is 10.0. The highest BCUT2D eigenvalue weighted by Crippen LogP contribution is 2.54. The Bertz CT molecular complexity index is 250. The van der Waals surface area contributed by atoms with Gasteiger partial charge in [-0.05, 0) is 12.8 Å². The molecule has 1 aliphatic rings. The molecular weight excluding hydrogens is 196 g/mol. The summed E-state index contributed by atoms with van der Waals surface area (Å²) in [5.74, 6) is -2.01. The minimum absolute atomic E-state index is 0.0728. The number of halogens is 2. The van der Waals surface area contributed by atoms with E-state index in [2.05, 4.69) is 32.7 Å². The zero-order chi connectivity index (χ0) is 11.9. The van der Waals surface area contributed by atoms with Crippen LogP contribution in [0.5, 0.6) is 0 Å². The third-order valence-electron chi connectivity index (χ3n) is 3.43. The van der Waals surface area contributed by atoms with Crippen LogP contribution in [0.3, 0.4) is 0 Å².